The second-order valence-corrected chi connectivity index (χ2v) is 5.92. The number of halogens is 1. The van der Waals surface area contributed by atoms with Gasteiger partial charge < -0.3 is 4.57 Å². The molecule has 1 aliphatic rings. The molecular formula is C22H31ClN2. The van der Waals surface area contributed by atoms with Gasteiger partial charge >= 0.3 is 0 Å². The molecule has 1 fully saturated rings. The van der Waals surface area contributed by atoms with Gasteiger partial charge in [0.15, 0.2) is 0 Å². The van der Waals surface area contributed by atoms with E-state index in [4.69, 9.17) is 11.6 Å². The minimum absolute atomic E-state index is 0.615. The maximum atomic E-state index is 6.05. The van der Waals surface area contributed by atoms with Gasteiger partial charge in [0, 0.05) is 23.8 Å². The number of rotatable bonds is 2. The molecule has 0 N–H and O–H groups in total. The zero-order chi connectivity index (χ0) is 19.1. The first-order valence-electron chi connectivity index (χ1n) is 8.82. The molecule has 2 aromatic heterocycles. The van der Waals surface area contributed by atoms with E-state index in [1.165, 1.54) is 31.2 Å². The van der Waals surface area contributed by atoms with Crippen LogP contribution in [0.4, 0.5) is 0 Å². The van der Waals surface area contributed by atoms with Gasteiger partial charge in [-0.25, -0.2) is 4.98 Å². The molecule has 0 amide bonds. The van der Waals surface area contributed by atoms with Crippen molar-refractivity contribution in [3.8, 4) is 12.8 Å². The highest BCUT2D eigenvalue weighted by molar-refractivity contribution is 6.34. The first-order valence-corrected chi connectivity index (χ1v) is 9.19. The average Bonchev–Trinajstić information content (AvgIpc) is 3.33. The second-order valence-electron chi connectivity index (χ2n) is 5.56. The molecule has 3 rings (SSSR count). The third-order valence-electron chi connectivity index (χ3n) is 3.94. The van der Waals surface area contributed by atoms with Crippen molar-refractivity contribution >= 4 is 22.5 Å². The number of nitrogens with zero attached hydrogens (tertiary/aromatic N) is 2. The van der Waals surface area contributed by atoms with Crippen LogP contribution in [0.5, 0.6) is 0 Å². The van der Waals surface area contributed by atoms with Gasteiger partial charge in [-0.1, -0.05) is 49.6 Å². The summed E-state index contributed by atoms with van der Waals surface area (Å²) in [5.74, 6) is 0. The van der Waals surface area contributed by atoms with Crippen molar-refractivity contribution in [1.29, 1.82) is 0 Å². The van der Waals surface area contributed by atoms with Gasteiger partial charge in [-0.2, -0.15) is 0 Å². The summed E-state index contributed by atoms with van der Waals surface area (Å²) in [4.78, 5) is 4.10. The van der Waals surface area contributed by atoms with Crippen LogP contribution in [0.15, 0.2) is 49.3 Å². The number of hydrogen-bond acceptors (Lipinski definition) is 1. The van der Waals surface area contributed by atoms with Crippen molar-refractivity contribution in [3.63, 3.8) is 0 Å². The first kappa shape index (κ1) is 23.0. The lowest BCUT2D eigenvalue weighted by Crippen LogP contribution is -2.02. The SMILES string of the molecule is C#C.C/C=C\C.C=CCC.Clc1nccc2c1ccn2C1CCCC1. The second kappa shape index (κ2) is 14.4. The third kappa shape index (κ3) is 7.63. The lowest BCUT2D eigenvalue weighted by Gasteiger charge is -2.13. The van der Waals surface area contributed by atoms with Gasteiger partial charge in [-0.3, -0.25) is 0 Å². The van der Waals surface area contributed by atoms with E-state index in [2.05, 4.69) is 54.2 Å². The van der Waals surface area contributed by atoms with Crippen LogP contribution >= 0.6 is 11.6 Å². The molecule has 0 radical (unpaired) electrons. The third-order valence-corrected chi connectivity index (χ3v) is 4.24. The van der Waals surface area contributed by atoms with Crippen LogP contribution in [0.1, 0.15) is 58.9 Å². The maximum Gasteiger partial charge on any atom is 0.138 e. The van der Waals surface area contributed by atoms with E-state index in [0.717, 1.165) is 11.8 Å². The molecule has 1 saturated carbocycles. The van der Waals surface area contributed by atoms with E-state index in [0.29, 0.717) is 11.2 Å². The molecule has 0 unspecified atom stereocenters. The molecule has 0 bridgehead atoms. The Balaban J connectivity index is 0.000000487. The van der Waals surface area contributed by atoms with Crippen molar-refractivity contribution in [3.05, 3.63) is 54.5 Å². The zero-order valence-electron chi connectivity index (χ0n) is 15.8. The van der Waals surface area contributed by atoms with E-state index in [1.807, 2.05) is 32.1 Å². The van der Waals surface area contributed by atoms with E-state index in [-0.39, 0.29) is 0 Å². The molecule has 25 heavy (non-hydrogen) atoms. The van der Waals surface area contributed by atoms with Crippen molar-refractivity contribution < 1.29 is 0 Å². The molecule has 0 atom stereocenters. The van der Waals surface area contributed by atoms with Crippen molar-refractivity contribution in [2.24, 2.45) is 0 Å². The van der Waals surface area contributed by atoms with Crippen LogP contribution < -0.4 is 0 Å². The molecule has 0 aromatic carbocycles. The van der Waals surface area contributed by atoms with Gasteiger partial charge in [-0.15, -0.1) is 19.4 Å². The summed E-state index contributed by atoms with van der Waals surface area (Å²) in [5, 5.41) is 1.69. The highest BCUT2D eigenvalue weighted by Crippen LogP contribution is 2.33. The predicted molar refractivity (Wildman–Crippen MR) is 113 cm³/mol. The number of terminal acetylenes is 1. The van der Waals surface area contributed by atoms with Crippen LogP contribution in [0, 0.1) is 12.8 Å². The summed E-state index contributed by atoms with van der Waals surface area (Å²) in [6.07, 6.45) is 24.2. The van der Waals surface area contributed by atoms with Crippen LogP contribution in [-0.4, -0.2) is 9.55 Å². The molecule has 2 heterocycles. The predicted octanol–water partition coefficient (Wildman–Crippen LogP) is 7.22. The fourth-order valence-electron chi connectivity index (χ4n) is 2.55. The minimum Gasteiger partial charge on any atom is -0.344 e. The van der Waals surface area contributed by atoms with E-state index in [9.17, 15) is 0 Å². The highest BCUT2D eigenvalue weighted by atomic mass is 35.5. The highest BCUT2D eigenvalue weighted by Gasteiger charge is 2.18. The molecule has 3 heteroatoms. The van der Waals surface area contributed by atoms with Gasteiger partial charge in [0.2, 0.25) is 0 Å². The maximum absolute atomic E-state index is 6.05. The summed E-state index contributed by atoms with van der Waals surface area (Å²) in [5.41, 5.74) is 1.22. The Labute approximate surface area is 158 Å². The van der Waals surface area contributed by atoms with Gasteiger partial charge in [0.05, 0.1) is 5.52 Å². The van der Waals surface area contributed by atoms with Crippen molar-refractivity contribution in [2.45, 2.75) is 58.9 Å². The largest absolute Gasteiger partial charge is 0.344 e. The van der Waals surface area contributed by atoms with Crippen LogP contribution in [-0.2, 0) is 0 Å². The Bertz CT molecular complexity index is 642. The summed E-state index contributed by atoms with van der Waals surface area (Å²) in [6.45, 7) is 9.54. The number of aromatic nitrogens is 2. The summed E-state index contributed by atoms with van der Waals surface area (Å²) in [7, 11) is 0. The van der Waals surface area contributed by atoms with E-state index >= 15 is 0 Å². The van der Waals surface area contributed by atoms with Gasteiger partial charge in [0.25, 0.3) is 0 Å². The number of allylic oxidation sites excluding steroid dienone is 3. The summed E-state index contributed by atoms with van der Waals surface area (Å²) < 4.78 is 2.36. The van der Waals surface area contributed by atoms with Crippen LogP contribution in [0.2, 0.25) is 5.15 Å². The fraction of sp³-hybridized carbons (Fsp3) is 0.409. The molecule has 0 saturated heterocycles. The fourth-order valence-corrected chi connectivity index (χ4v) is 2.77. The quantitative estimate of drug-likeness (QED) is 0.315. The Morgan fingerprint density at radius 2 is 1.80 bits per heavy atom. The zero-order valence-corrected chi connectivity index (χ0v) is 16.5. The average molecular weight is 359 g/mol. The minimum atomic E-state index is 0.615. The number of hydrogen-bond donors (Lipinski definition) is 0. The van der Waals surface area contributed by atoms with E-state index < -0.39 is 0 Å². The first-order chi connectivity index (χ1) is 12.2. The number of pyridine rings is 1. The smallest absolute Gasteiger partial charge is 0.138 e. The molecule has 0 spiro atoms. The van der Waals surface area contributed by atoms with Crippen LogP contribution in [0.3, 0.4) is 0 Å². The Hall–Kier alpha value is -1.98. The van der Waals surface area contributed by atoms with Crippen molar-refractivity contribution in [1.82, 2.24) is 9.55 Å². The molecule has 136 valence electrons. The lowest BCUT2D eigenvalue weighted by atomic mass is 10.2. The molecule has 2 aromatic rings. The molecule has 2 nitrogen and oxygen atoms in total. The number of fused-ring (bicyclic) bond motifs is 1. The Morgan fingerprint density at radius 1 is 1.24 bits per heavy atom. The topological polar surface area (TPSA) is 17.8 Å². The molecule has 1 aliphatic carbocycles. The summed E-state index contributed by atoms with van der Waals surface area (Å²) >= 11 is 6.05. The van der Waals surface area contributed by atoms with Gasteiger partial charge in [0.1, 0.15) is 5.15 Å². The van der Waals surface area contributed by atoms with E-state index in [1.54, 1.807) is 6.20 Å². The normalized spacial score (nSPS) is 13.2. The Kier molecular flexibility index (Phi) is 13.2. The van der Waals surface area contributed by atoms with Crippen LogP contribution in [0.25, 0.3) is 10.9 Å². The molecule has 0 aliphatic heterocycles. The van der Waals surface area contributed by atoms with Gasteiger partial charge in [-0.05, 0) is 45.2 Å². The summed E-state index contributed by atoms with van der Waals surface area (Å²) in [6, 6.07) is 4.80. The lowest BCUT2D eigenvalue weighted by molar-refractivity contribution is 0.536. The molecular weight excluding hydrogens is 328 g/mol. The van der Waals surface area contributed by atoms with Crippen molar-refractivity contribution in [2.75, 3.05) is 0 Å². The monoisotopic (exact) mass is 358 g/mol. The standard InChI is InChI=1S/C12H13ClN2.2C4H8.C2H2/c13-12-10-6-8-15(9-3-1-2-4-9)11(10)5-7-14-12;2*1-3-4-2;1-2/h5-9H,1-4H2;3-4H,1-2H3;3H,1,4H2,2H3;1-2H/b;4-3-;;. The Morgan fingerprint density at radius 3 is 2.28 bits per heavy atom.